The van der Waals surface area contributed by atoms with Gasteiger partial charge in [0.1, 0.15) is 0 Å². The molecule has 0 fully saturated rings. The van der Waals surface area contributed by atoms with Crippen molar-refractivity contribution in [3.05, 3.63) is 46.5 Å². The van der Waals surface area contributed by atoms with Crippen LogP contribution < -0.4 is 5.32 Å². The number of nitriles is 1. The average molecular weight is 271 g/mol. The van der Waals surface area contributed by atoms with Gasteiger partial charge < -0.3 is 0 Å². The second kappa shape index (κ2) is 5.42. The molecule has 0 saturated carbocycles. The van der Waals surface area contributed by atoms with E-state index in [1.165, 1.54) is 13.1 Å². The second-order valence-electron chi connectivity index (χ2n) is 3.73. The van der Waals surface area contributed by atoms with Gasteiger partial charge in [-0.15, -0.1) is 0 Å². The number of rotatable bonds is 3. The number of benzene rings is 1. The standard InChI is InChI=1S/C13H9N3O2S/c1-8(17)11-7-15-13(19-11)16-12(18)10-4-2-9(6-14)3-5-10/h2-5,7H,1H3,(H,15,16,18). The highest BCUT2D eigenvalue weighted by molar-refractivity contribution is 7.17. The molecule has 0 aliphatic carbocycles. The Labute approximate surface area is 113 Å². The number of nitrogens with zero attached hydrogens (tertiary/aromatic N) is 2. The maximum absolute atomic E-state index is 11.9. The third kappa shape index (κ3) is 3.03. The van der Waals surface area contributed by atoms with Crippen LogP contribution in [-0.4, -0.2) is 16.7 Å². The lowest BCUT2D eigenvalue weighted by atomic mass is 10.1. The first-order valence-electron chi connectivity index (χ1n) is 5.38. The molecule has 0 aliphatic rings. The van der Waals surface area contributed by atoms with Gasteiger partial charge in [0, 0.05) is 12.5 Å². The second-order valence-corrected chi connectivity index (χ2v) is 4.76. The van der Waals surface area contributed by atoms with Gasteiger partial charge in [-0.3, -0.25) is 14.9 Å². The zero-order chi connectivity index (χ0) is 13.8. The van der Waals surface area contributed by atoms with Crippen LogP contribution in [0.5, 0.6) is 0 Å². The molecule has 1 heterocycles. The average Bonchev–Trinajstić information content (AvgIpc) is 2.87. The monoisotopic (exact) mass is 271 g/mol. The number of Topliss-reactive ketones (excluding diaryl/α,β-unsaturated/α-hetero) is 1. The minimum atomic E-state index is -0.325. The highest BCUT2D eigenvalue weighted by atomic mass is 32.1. The molecule has 0 saturated heterocycles. The molecule has 1 aromatic carbocycles. The summed E-state index contributed by atoms with van der Waals surface area (Å²) in [5, 5.41) is 11.6. The molecule has 0 bridgehead atoms. The Kier molecular flexibility index (Phi) is 3.68. The Balaban J connectivity index is 2.11. The fourth-order valence-electron chi connectivity index (χ4n) is 1.36. The predicted molar refractivity (Wildman–Crippen MR) is 71.2 cm³/mol. The fraction of sp³-hybridized carbons (Fsp3) is 0.0769. The van der Waals surface area contributed by atoms with Gasteiger partial charge in [0.25, 0.3) is 5.91 Å². The van der Waals surface area contributed by atoms with E-state index in [-0.39, 0.29) is 11.7 Å². The maximum atomic E-state index is 11.9. The van der Waals surface area contributed by atoms with Crippen LogP contribution in [0.15, 0.2) is 30.5 Å². The van der Waals surface area contributed by atoms with Crippen molar-refractivity contribution in [1.82, 2.24) is 4.98 Å². The van der Waals surface area contributed by atoms with Crippen LogP contribution in [0.4, 0.5) is 5.13 Å². The number of thiazole rings is 1. The number of hydrogen-bond acceptors (Lipinski definition) is 5. The molecule has 0 spiro atoms. The number of amides is 1. The van der Waals surface area contributed by atoms with E-state index in [1.807, 2.05) is 6.07 Å². The summed E-state index contributed by atoms with van der Waals surface area (Å²) in [4.78, 5) is 27.4. The van der Waals surface area contributed by atoms with Crippen molar-refractivity contribution in [2.75, 3.05) is 5.32 Å². The minimum Gasteiger partial charge on any atom is -0.298 e. The molecule has 1 N–H and O–H groups in total. The summed E-state index contributed by atoms with van der Waals surface area (Å²) in [6.45, 7) is 1.44. The van der Waals surface area contributed by atoms with E-state index >= 15 is 0 Å². The fourth-order valence-corrected chi connectivity index (χ4v) is 2.07. The summed E-state index contributed by atoms with van der Waals surface area (Å²) < 4.78 is 0. The summed E-state index contributed by atoms with van der Waals surface area (Å²) in [5.74, 6) is -0.412. The van der Waals surface area contributed by atoms with E-state index in [4.69, 9.17) is 5.26 Å². The summed E-state index contributed by atoms with van der Waals surface area (Å²) in [7, 11) is 0. The Morgan fingerprint density at radius 2 is 2.00 bits per heavy atom. The van der Waals surface area contributed by atoms with E-state index in [9.17, 15) is 9.59 Å². The van der Waals surface area contributed by atoms with Crippen molar-refractivity contribution >= 4 is 28.2 Å². The van der Waals surface area contributed by atoms with Crippen LogP contribution in [0.2, 0.25) is 0 Å². The van der Waals surface area contributed by atoms with Gasteiger partial charge in [-0.05, 0) is 24.3 Å². The van der Waals surface area contributed by atoms with Gasteiger partial charge in [-0.2, -0.15) is 5.26 Å². The first kappa shape index (κ1) is 12.9. The summed E-state index contributed by atoms with van der Waals surface area (Å²) in [6.07, 6.45) is 1.43. The van der Waals surface area contributed by atoms with Crippen molar-refractivity contribution in [3.8, 4) is 6.07 Å². The number of anilines is 1. The smallest absolute Gasteiger partial charge is 0.257 e. The molecule has 0 atom stereocenters. The van der Waals surface area contributed by atoms with Crippen LogP contribution in [0.25, 0.3) is 0 Å². The third-order valence-electron chi connectivity index (χ3n) is 2.35. The Morgan fingerprint density at radius 3 is 2.53 bits per heavy atom. The van der Waals surface area contributed by atoms with Crippen molar-refractivity contribution in [2.45, 2.75) is 6.92 Å². The molecular weight excluding hydrogens is 262 g/mol. The largest absolute Gasteiger partial charge is 0.298 e. The van der Waals surface area contributed by atoms with Crippen molar-refractivity contribution in [3.63, 3.8) is 0 Å². The van der Waals surface area contributed by atoms with Crippen LogP contribution in [0, 0.1) is 11.3 Å². The van der Waals surface area contributed by atoms with E-state index in [2.05, 4.69) is 10.3 Å². The summed E-state index contributed by atoms with van der Waals surface area (Å²) >= 11 is 1.13. The van der Waals surface area contributed by atoms with Crippen molar-refractivity contribution in [2.24, 2.45) is 0 Å². The predicted octanol–water partition coefficient (Wildman–Crippen LogP) is 2.47. The van der Waals surface area contributed by atoms with E-state index < -0.39 is 0 Å². The van der Waals surface area contributed by atoms with Gasteiger partial charge >= 0.3 is 0 Å². The Morgan fingerprint density at radius 1 is 1.32 bits per heavy atom. The number of carbonyl (C=O) groups excluding carboxylic acids is 2. The molecule has 1 aromatic heterocycles. The van der Waals surface area contributed by atoms with Gasteiger partial charge in [-0.1, -0.05) is 11.3 Å². The van der Waals surface area contributed by atoms with Crippen molar-refractivity contribution < 1.29 is 9.59 Å². The highest BCUT2D eigenvalue weighted by Crippen LogP contribution is 2.19. The van der Waals surface area contributed by atoms with Gasteiger partial charge in [-0.25, -0.2) is 4.98 Å². The topological polar surface area (TPSA) is 82.8 Å². The molecule has 0 radical (unpaired) electrons. The Bertz CT molecular complexity index is 668. The van der Waals surface area contributed by atoms with E-state index in [0.717, 1.165) is 11.3 Å². The lowest BCUT2D eigenvalue weighted by Crippen LogP contribution is -2.11. The van der Waals surface area contributed by atoms with Crippen molar-refractivity contribution in [1.29, 1.82) is 5.26 Å². The van der Waals surface area contributed by atoms with E-state index in [0.29, 0.717) is 21.1 Å². The first-order chi connectivity index (χ1) is 9.10. The molecule has 0 unspecified atom stereocenters. The molecule has 94 valence electrons. The number of ketones is 1. The molecule has 2 aromatic rings. The molecule has 0 aliphatic heterocycles. The first-order valence-corrected chi connectivity index (χ1v) is 6.20. The summed E-state index contributed by atoms with van der Waals surface area (Å²) in [6, 6.07) is 8.24. The molecule has 5 nitrogen and oxygen atoms in total. The van der Waals surface area contributed by atoms with Crippen LogP contribution in [0.3, 0.4) is 0 Å². The number of carbonyl (C=O) groups is 2. The molecule has 19 heavy (non-hydrogen) atoms. The highest BCUT2D eigenvalue weighted by Gasteiger charge is 2.10. The lowest BCUT2D eigenvalue weighted by molar-refractivity contribution is 0.101. The van der Waals surface area contributed by atoms with Crippen LogP contribution in [-0.2, 0) is 0 Å². The van der Waals surface area contributed by atoms with E-state index in [1.54, 1.807) is 24.3 Å². The molecule has 2 rings (SSSR count). The van der Waals surface area contributed by atoms with Gasteiger partial charge in [0.15, 0.2) is 10.9 Å². The van der Waals surface area contributed by atoms with Gasteiger partial charge in [0.2, 0.25) is 0 Å². The quantitative estimate of drug-likeness (QED) is 0.869. The number of hydrogen-bond donors (Lipinski definition) is 1. The normalized spacial score (nSPS) is 9.68. The zero-order valence-corrected chi connectivity index (χ0v) is 10.8. The number of nitrogens with one attached hydrogen (secondary N) is 1. The lowest BCUT2D eigenvalue weighted by Gasteiger charge is -2.01. The molecular formula is C13H9N3O2S. The maximum Gasteiger partial charge on any atom is 0.257 e. The molecule has 6 heteroatoms. The SMILES string of the molecule is CC(=O)c1cnc(NC(=O)c2ccc(C#N)cc2)s1. The number of aromatic nitrogens is 1. The van der Waals surface area contributed by atoms with Crippen LogP contribution >= 0.6 is 11.3 Å². The third-order valence-corrected chi connectivity index (χ3v) is 3.36. The summed E-state index contributed by atoms with van der Waals surface area (Å²) in [5.41, 5.74) is 0.920. The Hall–Kier alpha value is -2.52. The molecule has 1 amide bonds. The van der Waals surface area contributed by atoms with Gasteiger partial charge in [0.05, 0.1) is 22.7 Å². The zero-order valence-electron chi connectivity index (χ0n) is 10.0. The van der Waals surface area contributed by atoms with Crippen LogP contribution in [0.1, 0.15) is 32.5 Å². The minimum absolute atomic E-state index is 0.0867.